The van der Waals surface area contributed by atoms with Crippen LogP contribution < -0.4 is 15.5 Å². The maximum Gasteiger partial charge on any atom is 0.251 e. The molecule has 6 heteroatoms. The summed E-state index contributed by atoms with van der Waals surface area (Å²) >= 11 is 0. The molecule has 1 saturated heterocycles. The molecule has 0 spiro atoms. The molecule has 2 aromatic rings. The molecular formula is C24H33N5O. The number of piperazine rings is 1. The molecule has 1 heterocycles. The van der Waals surface area contributed by atoms with Crippen molar-refractivity contribution in [2.45, 2.75) is 20.3 Å². The molecule has 0 atom stereocenters. The van der Waals surface area contributed by atoms with E-state index in [-0.39, 0.29) is 5.91 Å². The van der Waals surface area contributed by atoms with Crippen LogP contribution in [0.4, 0.5) is 5.69 Å². The Balaban J connectivity index is 1.52. The zero-order valence-electron chi connectivity index (χ0n) is 18.5. The van der Waals surface area contributed by atoms with Crippen molar-refractivity contribution in [3.8, 4) is 0 Å². The number of amides is 1. The zero-order valence-corrected chi connectivity index (χ0v) is 18.5. The van der Waals surface area contributed by atoms with Crippen LogP contribution in [0.15, 0.2) is 47.5 Å². The van der Waals surface area contributed by atoms with Gasteiger partial charge in [0.1, 0.15) is 0 Å². The first kappa shape index (κ1) is 21.7. The highest BCUT2D eigenvalue weighted by molar-refractivity contribution is 5.94. The number of benzene rings is 2. The van der Waals surface area contributed by atoms with Crippen molar-refractivity contribution in [1.29, 1.82) is 0 Å². The van der Waals surface area contributed by atoms with Crippen LogP contribution in [-0.2, 0) is 6.42 Å². The average Bonchev–Trinajstić information content (AvgIpc) is 2.78. The fourth-order valence-corrected chi connectivity index (χ4v) is 3.90. The summed E-state index contributed by atoms with van der Waals surface area (Å²) in [6, 6.07) is 14.3. The maximum atomic E-state index is 11.8. The number of rotatable bonds is 5. The van der Waals surface area contributed by atoms with Gasteiger partial charge in [-0.15, -0.1) is 0 Å². The summed E-state index contributed by atoms with van der Waals surface area (Å²) in [7, 11) is 3.49. The standard InChI is InChI=1S/C24H33N5O/c1-18-7-5-10-22(19(18)2)28-13-15-29(16-14-28)24(26-4)27-12-11-20-8-6-9-21(17-20)23(30)25-3/h5-10,17H,11-16H2,1-4H3,(H,25,30)(H,26,27). The molecule has 0 unspecified atom stereocenters. The minimum Gasteiger partial charge on any atom is -0.368 e. The minimum absolute atomic E-state index is 0.0534. The molecule has 0 aliphatic carbocycles. The summed E-state index contributed by atoms with van der Waals surface area (Å²) in [5.41, 5.74) is 5.88. The Morgan fingerprint density at radius 1 is 1.07 bits per heavy atom. The Morgan fingerprint density at radius 2 is 1.80 bits per heavy atom. The third kappa shape index (κ3) is 5.12. The van der Waals surface area contributed by atoms with E-state index in [4.69, 9.17) is 0 Å². The van der Waals surface area contributed by atoms with Crippen LogP contribution in [0.25, 0.3) is 0 Å². The van der Waals surface area contributed by atoms with Gasteiger partial charge in [0, 0.05) is 58.1 Å². The van der Waals surface area contributed by atoms with E-state index in [1.807, 2.05) is 25.2 Å². The molecule has 1 amide bonds. The number of hydrogen-bond acceptors (Lipinski definition) is 3. The summed E-state index contributed by atoms with van der Waals surface area (Å²) in [6.07, 6.45) is 0.840. The van der Waals surface area contributed by atoms with Gasteiger partial charge in [-0.3, -0.25) is 9.79 Å². The fraction of sp³-hybridized carbons (Fsp3) is 0.417. The van der Waals surface area contributed by atoms with Crippen LogP contribution >= 0.6 is 0 Å². The number of nitrogens with zero attached hydrogens (tertiary/aromatic N) is 3. The van der Waals surface area contributed by atoms with Gasteiger partial charge in [0.25, 0.3) is 5.91 Å². The van der Waals surface area contributed by atoms with Gasteiger partial charge in [-0.25, -0.2) is 0 Å². The van der Waals surface area contributed by atoms with Gasteiger partial charge in [-0.1, -0.05) is 24.3 Å². The number of anilines is 1. The van der Waals surface area contributed by atoms with Gasteiger partial charge in [0.2, 0.25) is 0 Å². The lowest BCUT2D eigenvalue weighted by molar-refractivity contribution is 0.0963. The van der Waals surface area contributed by atoms with Crippen LogP contribution in [-0.4, -0.2) is 63.6 Å². The summed E-state index contributed by atoms with van der Waals surface area (Å²) < 4.78 is 0. The quantitative estimate of drug-likeness (QED) is 0.591. The third-order valence-electron chi connectivity index (χ3n) is 5.82. The maximum absolute atomic E-state index is 11.8. The first-order chi connectivity index (χ1) is 14.5. The number of carbonyl (C=O) groups excluding carboxylic acids is 1. The van der Waals surface area contributed by atoms with Crippen LogP contribution in [0, 0.1) is 13.8 Å². The molecule has 1 aliphatic heterocycles. The van der Waals surface area contributed by atoms with Gasteiger partial charge >= 0.3 is 0 Å². The van der Waals surface area contributed by atoms with Crippen molar-refractivity contribution in [2.75, 3.05) is 51.7 Å². The molecule has 30 heavy (non-hydrogen) atoms. The number of aliphatic imine (C=N–C) groups is 1. The summed E-state index contributed by atoms with van der Waals surface area (Å²) in [4.78, 5) is 21.1. The molecule has 160 valence electrons. The largest absolute Gasteiger partial charge is 0.368 e. The smallest absolute Gasteiger partial charge is 0.251 e. The van der Waals surface area contributed by atoms with Crippen LogP contribution in [0.5, 0.6) is 0 Å². The zero-order chi connectivity index (χ0) is 21.5. The molecular weight excluding hydrogens is 374 g/mol. The molecule has 0 saturated carbocycles. The van der Waals surface area contributed by atoms with Gasteiger partial charge < -0.3 is 20.4 Å². The highest BCUT2D eigenvalue weighted by Crippen LogP contribution is 2.23. The Labute approximate surface area is 180 Å². The van der Waals surface area contributed by atoms with E-state index in [0.717, 1.165) is 50.7 Å². The number of guanidine groups is 1. The number of hydrogen-bond donors (Lipinski definition) is 2. The van der Waals surface area contributed by atoms with Crippen molar-refractivity contribution in [1.82, 2.24) is 15.5 Å². The van der Waals surface area contributed by atoms with Gasteiger partial charge in [0.15, 0.2) is 5.96 Å². The molecule has 1 fully saturated rings. The molecule has 0 radical (unpaired) electrons. The van der Waals surface area contributed by atoms with Crippen LogP contribution in [0.2, 0.25) is 0 Å². The van der Waals surface area contributed by atoms with E-state index in [1.165, 1.54) is 16.8 Å². The van der Waals surface area contributed by atoms with Crippen LogP contribution in [0.1, 0.15) is 27.0 Å². The summed E-state index contributed by atoms with van der Waals surface area (Å²) in [5.74, 6) is 0.889. The molecule has 6 nitrogen and oxygen atoms in total. The predicted octanol–water partition coefficient (Wildman–Crippen LogP) is 2.60. The molecule has 2 N–H and O–H groups in total. The van der Waals surface area contributed by atoms with Crippen molar-refractivity contribution in [2.24, 2.45) is 4.99 Å². The Kier molecular flexibility index (Phi) is 7.33. The lowest BCUT2D eigenvalue weighted by Crippen LogP contribution is -2.53. The summed E-state index contributed by atoms with van der Waals surface area (Å²) in [6.45, 7) is 9.01. The van der Waals surface area contributed by atoms with E-state index < -0.39 is 0 Å². The Morgan fingerprint density at radius 3 is 2.50 bits per heavy atom. The van der Waals surface area contributed by atoms with Gasteiger partial charge in [-0.2, -0.15) is 0 Å². The Hall–Kier alpha value is -3.02. The first-order valence-electron chi connectivity index (χ1n) is 10.6. The normalized spacial score (nSPS) is 14.6. The van der Waals surface area contributed by atoms with Gasteiger partial charge in [0.05, 0.1) is 0 Å². The van der Waals surface area contributed by atoms with Crippen LogP contribution in [0.3, 0.4) is 0 Å². The SMILES string of the molecule is CN=C(NCCc1cccc(C(=O)NC)c1)N1CCN(c2cccc(C)c2C)CC1. The number of nitrogens with one attached hydrogen (secondary N) is 2. The second-order valence-electron chi connectivity index (χ2n) is 7.70. The highest BCUT2D eigenvalue weighted by Gasteiger charge is 2.21. The minimum atomic E-state index is -0.0534. The average molecular weight is 408 g/mol. The number of carbonyl (C=O) groups is 1. The van der Waals surface area contributed by atoms with E-state index >= 15 is 0 Å². The molecule has 2 aromatic carbocycles. The lowest BCUT2D eigenvalue weighted by atomic mass is 10.1. The van der Waals surface area contributed by atoms with Crippen molar-refractivity contribution in [3.05, 3.63) is 64.7 Å². The highest BCUT2D eigenvalue weighted by atomic mass is 16.1. The monoisotopic (exact) mass is 407 g/mol. The Bertz CT molecular complexity index is 900. The fourth-order valence-electron chi connectivity index (χ4n) is 3.90. The van der Waals surface area contributed by atoms with Crippen molar-refractivity contribution >= 4 is 17.6 Å². The first-order valence-corrected chi connectivity index (χ1v) is 10.6. The lowest BCUT2D eigenvalue weighted by Gasteiger charge is -2.38. The molecule has 3 rings (SSSR count). The van der Waals surface area contributed by atoms with Gasteiger partial charge in [-0.05, 0) is 55.2 Å². The summed E-state index contributed by atoms with van der Waals surface area (Å²) in [5, 5.41) is 6.15. The van der Waals surface area contributed by atoms with E-state index in [2.05, 4.69) is 63.5 Å². The second-order valence-corrected chi connectivity index (χ2v) is 7.70. The molecule has 0 bridgehead atoms. The van der Waals surface area contributed by atoms with E-state index in [0.29, 0.717) is 5.56 Å². The van der Waals surface area contributed by atoms with Crippen molar-refractivity contribution < 1.29 is 4.79 Å². The predicted molar refractivity (Wildman–Crippen MR) is 125 cm³/mol. The second kappa shape index (κ2) is 10.1. The van der Waals surface area contributed by atoms with Crippen molar-refractivity contribution in [3.63, 3.8) is 0 Å². The topological polar surface area (TPSA) is 60.0 Å². The van der Waals surface area contributed by atoms with E-state index in [1.54, 1.807) is 7.05 Å². The van der Waals surface area contributed by atoms with E-state index in [9.17, 15) is 4.79 Å². The molecule has 1 aliphatic rings. The third-order valence-corrected chi connectivity index (χ3v) is 5.82. The molecule has 0 aromatic heterocycles. The number of aryl methyl sites for hydroxylation is 1.